The van der Waals surface area contributed by atoms with E-state index in [1.54, 1.807) is 7.05 Å². The lowest BCUT2D eigenvalue weighted by Gasteiger charge is -2.17. The molecule has 0 unspecified atom stereocenters. The standard InChI is InChI=1S/C31H26.C14H14N2.C2H6/c1-22-18-19-26(29-17-9-14-25-13-6-7-16-28(25)29)21-30(22)31-23(2)10-8-15-27(31)20-24-11-4-3-5-12-24;1-16-14(15)13-9-7-12(8-10-13)11-5-3-2-4-6-11;1-2/h3-19,21H,20H2,1-2H3;2-10H,1H3,(H2,15,16);1-2H3. The summed E-state index contributed by atoms with van der Waals surface area (Å²) in [6.07, 6.45) is 0.940. The van der Waals surface area contributed by atoms with Gasteiger partial charge in [-0.3, -0.25) is 4.99 Å². The first kappa shape index (κ1) is 34.6. The summed E-state index contributed by atoms with van der Waals surface area (Å²) >= 11 is 0. The second kappa shape index (κ2) is 16.9. The Hall–Kier alpha value is -5.73. The smallest absolute Gasteiger partial charge is 0.125 e. The summed E-state index contributed by atoms with van der Waals surface area (Å²) in [7, 11) is 1.69. The molecule has 0 saturated heterocycles. The summed E-state index contributed by atoms with van der Waals surface area (Å²) in [6.45, 7) is 8.45. The molecule has 2 nitrogen and oxygen atoms in total. The predicted octanol–water partition coefficient (Wildman–Crippen LogP) is 12.1. The molecule has 0 atom stereocenters. The van der Waals surface area contributed by atoms with Gasteiger partial charge in [0.2, 0.25) is 0 Å². The quantitative estimate of drug-likeness (QED) is 0.143. The first-order valence-corrected chi connectivity index (χ1v) is 17.1. The molecule has 7 aromatic carbocycles. The molecule has 0 aromatic heterocycles. The van der Waals surface area contributed by atoms with E-state index >= 15 is 0 Å². The molecular formula is C47H46N2. The van der Waals surface area contributed by atoms with Gasteiger partial charge in [-0.1, -0.05) is 172 Å². The van der Waals surface area contributed by atoms with Gasteiger partial charge in [0.1, 0.15) is 5.84 Å². The Kier molecular flexibility index (Phi) is 11.9. The minimum Gasteiger partial charge on any atom is -0.384 e. The second-order valence-corrected chi connectivity index (χ2v) is 11.9. The zero-order valence-corrected chi connectivity index (χ0v) is 29.3. The maximum Gasteiger partial charge on any atom is 0.125 e. The van der Waals surface area contributed by atoms with Gasteiger partial charge < -0.3 is 5.73 Å². The van der Waals surface area contributed by atoms with Gasteiger partial charge in [0.15, 0.2) is 0 Å². The number of nitrogens with zero attached hydrogens (tertiary/aromatic N) is 1. The number of aryl methyl sites for hydroxylation is 2. The normalized spacial score (nSPS) is 10.8. The van der Waals surface area contributed by atoms with E-state index in [9.17, 15) is 0 Å². The fourth-order valence-electron chi connectivity index (χ4n) is 6.21. The van der Waals surface area contributed by atoms with Crippen LogP contribution in [0.2, 0.25) is 0 Å². The number of rotatable bonds is 6. The van der Waals surface area contributed by atoms with Crippen LogP contribution in [0.5, 0.6) is 0 Å². The van der Waals surface area contributed by atoms with Crippen molar-refractivity contribution in [3.05, 3.63) is 192 Å². The van der Waals surface area contributed by atoms with Crippen LogP contribution >= 0.6 is 0 Å². The lowest BCUT2D eigenvalue weighted by molar-refractivity contribution is 1.18. The van der Waals surface area contributed by atoms with Crippen molar-refractivity contribution >= 4 is 16.6 Å². The van der Waals surface area contributed by atoms with Crippen molar-refractivity contribution in [2.45, 2.75) is 34.1 Å². The summed E-state index contributed by atoms with van der Waals surface area (Å²) in [5.74, 6) is 0.569. The van der Waals surface area contributed by atoms with Crippen LogP contribution in [0, 0.1) is 13.8 Å². The Morgan fingerprint density at radius 2 is 1.12 bits per heavy atom. The highest BCUT2D eigenvalue weighted by Gasteiger charge is 2.13. The summed E-state index contributed by atoms with van der Waals surface area (Å²) in [4.78, 5) is 3.96. The summed E-state index contributed by atoms with van der Waals surface area (Å²) in [5, 5.41) is 2.58. The first-order valence-electron chi connectivity index (χ1n) is 17.1. The number of aliphatic imine (C=N–C) groups is 1. The predicted molar refractivity (Wildman–Crippen MR) is 213 cm³/mol. The highest BCUT2D eigenvalue weighted by atomic mass is 14.8. The molecule has 0 saturated carbocycles. The molecule has 0 bridgehead atoms. The van der Waals surface area contributed by atoms with Crippen LogP contribution in [0.4, 0.5) is 0 Å². The molecule has 0 aliphatic carbocycles. The number of nitrogens with two attached hydrogens (primary N) is 1. The summed E-state index contributed by atoms with van der Waals surface area (Å²) in [5.41, 5.74) is 19.7. The van der Waals surface area contributed by atoms with Gasteiger partial charge in [0.05, 0.1) is 0 Å². The topological polar surface area (TPSA) is 38.4 Å². The molecule has 2 N–H and O–H groups in total. The molecule has 0 spiro atoms. The van der Waals surface area contributed by atoms with Crippen LogP contribution < -0.4 is 5.73 Å². The van der Waals surface area contributed by atoms with Gasteiger partial charge in [-0.25, -0.2) is 0 Å². The highest BCUT2D eigenvalue weighted by Crippen LogP contribution is 2.36. The van der Waals surface area contributed by atoms with Crippen molar-refractivity contribution in [3.63, 3.8) is 0 Å². The van der Waals surface area contributed by atoms with E-state index in [2.05, 4.69) is 152 Å². The Balaban J connectivity index is 0.000000219. The van der Waals surface area contributed by atoms with Crippen molar-refractivity contribution < 1.29 is 0 Å². The summed E-state index contributed by atoms with van der Waals surface area (Å²) in [6, 6.07) is 57.9. The monoisotopic (exact) mass is 638 g/mol. The number of amidine groups is 1. The number of hydrogen-bond acceptors (Lipinski definition) is 1. The average molecular weight is 639 g/mol. The van der Waals surface area contributed by atoms with E-state index in [-0.39, 0.29) is 0 Å². The van der Waals surface area contributed by atoms with Crippen LogP contribution in [0.3, 0.4) is 0 Å². The van der Waals surface area contributed by atoms with E-state index in [4.69, 9.17) is 5.73 Å². The lowest BCUT2D eigenvalue weighted by Crippen LogP contribution is -2.12. The van der Waals surface area contributed by atoms with E-state index in [1.165, 1.54) is 66.4 Å². The third kappa shape index (κ3) is 8.41. The van der Waals surface area contributed by atoms with Crippen LogP contribution in [0.25, 0.3) is 44.2 Å². The molecule has 0 radical (unpaired) electrons. The maximum absolute atomic E-state index is 5.73. The van der Waals surface area contributed by atoms with E-state index in [0.717, 1.165) is 12.0 Å². The Labute approximate surface area is 292 Å². The maximum atomic E-state index is 5.73. The Morgan fingerprint density at radius 1 is 0.531 bits per heavy atom. The van der Waals surface area contributed by atoms with Crippen LogP contribution in [0.15, 0.2) is 169 Å². The molecule has 7 rings (SSSR count). The van der Waals surface area contributed by atoms with Crippen molar-refractivity contribution in [1.29, 1.82) is 0 Å². The molecule has 0 aliphatic heterocycles. The van der Waals surface area contributed by atoms with Gasteiger partial charge in [0, 0.05) is 12.6 Å². The minimum absolute atomic E-state index is 0.569. The van der Waals surface area contributed by atoms with Crippen molar-refractivity contribution in [1.82, 2.24) is 0 Å². The molecule has 0 heterocycles. The molecule has 0 fully saturated rings. The zero-order valence-electron chi connectivity index (χ0n) is 29.3. The third-order valence-electron chi connectivity index (χ3n) is 8.73. The third-order valence-corrected chi connectivity index (χ3v) is 8.73. The molecule has 7 aromatic rings. The van der Waals surface area contributed by atoms with Crippen molar-refractivity contribution in [2.24, 2.45) is 10.7 Å². The van der Waals surface area contributed by atoms with E-state index < -0.39 is 0 Å². The average Bonchev–Trinajstić information content (AvgIpc) is 3.17. The minimum atomic E-state index is 0.569. The molecule has 49 heavy (non-hydrogen) atoms. The fraction of sp³-hybridized carbons (Fsp3) is 0.128. The van der Waals surface area contributed by atoms with Crippen LogP contribution in [-0.2, 0) is 6.42 Å². The zero-order chi connectivity index (χ0) is 34.6. The van der Waals surface area contributed by atoms with Crippen LogP contribution in [-0.4, -0.2) is 12.9 Å². The molecule has 2 heteroatoms. The fourth-order valence-corrected chi connectivity index (χ4v) is 6.21. The van der Waals surface area contributed by atoms with E-state index in [1.807, 2.05) is 44.2 Å². The Bertz CT molecular complexity index is 2120. The molecule has 244 valence electrons. The lowest BCUT2D eigenvalue weighted by atomic mass is 9.87. The number of hydrogen-bond donors (Lipinski definition) is 1. The SMILES string of the molecule is CC.CN=C(N)c1ccc(-c2ccccc2)cc1.Cc1ccc(-c2cccc3ccccc23)cc1-c1c(C)cccc1Cc1ccccc1. The molecular weight excluding hydrogens is 593 g/mol. The number of benzene rings is 7. The largest absolute Gasteiger partial charge is 0.384 e. The van der Waals surface area contributed by atoms with Crippen LogP contribution in [0.1, 0.15) is 41.7 Å². The van der Waals surface area contributed by atoms with Gasteiger partial charge in [-0.2, -0.15) is 0 Å². The Morgan fingerprint density at radius 3 is 1.84 bits per heavy atom. The van der Waals surface area contributed by atoms with Gasteiger partial charge in [0.25, 0.3) is 0 Å². The van der Waals surface area contributed by atoms with E-state index in [0.29, 0.717) is 5.84 Å². The number of fused-ring (bicyclic) bond motifs is 1. The van der Waals surface area contributed by atoms with Crippen molar-refractivity contribution in [2.75, 3.05) is 7.05 Å². The van der Waals surface area contributed by atoms with Crippen molar-refractivity contribution in [3.8, 4) is 33.4 Å². The van der Waals surface area contributed by atoms with Gasteiger partial charge in [-0.15, -0.1) is 0 Å². The molecule has 0 amide bonds. The van der Waals surface area contributed by atoms with Gasteiger partial charge in [-0.05, 0) is 92.7 Å². The second-order valence-electron chi connectivity index (χ2n) is 11.9. The van der Waals surface area contributed by atoms with Gasteiger partial charge >= 0.3 is 0 Å². The highest BCUT2D eigenvalue weighted by molar-refractivity contribution is 5.98. The first-order chi connectivity index (χ1) is 24.0. The molecule has 0 aliphatic rings. The summed E-state index contributed by atoms with van der Waals surface area (Å²) < 4.78 is 0.